The number of rotatable bonds is 4. The Morgan fingerprint density at radius 1 is 1.22 bits per heavy atom. The minimum Gasteiger partial charge on any atom is -0.494 e. The summed E-state index contributed by atoms with van der Waals surface area (Å²) in [5.41, 5.74) is 1.74. The SMILES string of the molecule is COc1ccc(CNc2cccc(Cl)c2)cc1F. The van der Waals surface area contributed by atoms with Crippen LogP contribution in [0, 0.1) is 5.82 Å². The lowest BCUT2D eigenvalue weighted by Gasteiger charge is -2.08. The summed E-state index contributed by atoms with van der Waals surface area (Å²) in [5, 5.41) is 3.84. The Balaban J connectivity index is 2.04. The summed E-state index contributed by atoms with van der Waals surface area (Å²) in [6.07, 6.45) is 0. The minimum atomic E-state index is -0.358. The van der Waals surface area contributed by atoms with Crippen molar-refractivity contribution in [2.45, 2.75) is 6.54 Å². The van der Waals surface area contributed by atoms with E-state index in [1.54, 1.807) is 12.1 Å². The third-order valence-corrected chi connectivity index (χ3v) is 2.77. The van der Waals surface area contributed by atoms with Crippen LogP contribution in [0.2, 0.25) is 5.02 Å². The van der Waals surface area contributed by atoms with Gasteiger partial charge in [-0.2, -0.15) is 0 Å². The highest BCUT2D eigenvalue weighted by molar-refractivity contribution is 6.30. The van der Waals surface area contributed by atoms with Crippen molar-refractivity contribution in [1.29, 1.82) is 0 Å². The van der Waals surface area contributed by atoms with Crippen LogP contribution in [0.3, 0.4) is 0 Å². The smallest absolute Gasteiger partial charge is 0.165 e. The normalized spacial score (nSPS) is 10.2. The van der Waals surface area contributed by atoms with Gasteiger partial charge in [0.15, 0.2) is 11.6 Å². The maximum absolute atomic E-state index is 13.5. The molecule has 0 unspecified atom stereocenters. The molecule has 0 aliphatic rings. The lowest BCUT2D eigenvalue weighted by atomic mass is 10.2. The van der Waals surface area contributed by atoms with Gasteiger partial charge in [-0.3, -0.25) is 0 Å². The molecule has 2 aromatic rings. The minimum absolute atomic E-state index is 0.251. The molecular formula is C14H13ClFNO. The zero-order chi connectivity index (χ0) is 13.0. The average Bonchev–Trinajstić information content (AvgIpc) is 2.37. The predicted molar refractivity (Wildman–Crippen MR) is 71.7 cm³/mol. The number of hydrogen-bond donors (Lipinski definition) is 1. The number of halogens is 2. The van der Waals surface area contributed by atoms with E-state index >= 15 is 0 Å². The zero-order valence-electron chi connectivity index (χ0n) is 9.91. The number of anilines is 1. The van der Waals surface area contributed by atoms with Gasteiger partial charge in [-0.1, -0.05) is 23.7 Å². The fourth-order valence-corrected chi connectivity index (χ4v) is 1.81. The van der Waals surface area contributed by atoms with Gasteiger partial charge >= 0.3 is 0 Å². The van der Waals surface area contributed by atoms with E-state index in [2.05, 4.69) is 5.32 Å². The van der Waals surface area contributed by atoms with Crippen LogP contribution in [0.1, 0.15) is 5.56 Å². The quantitative estimate of drug-likeness (QED) is 0.899. The van der Waals surface area contributed by atoms with Gasteiger partial charge in [-0.25, -0.2) is 4.39 Å². The highest BCUT2D eigenvalue weighted by Crippen LogP contribution is 2.19. The van der Waals surface area contributed by atoms with E-state index in [4.69, 9.17) is 16.3 Å². The summed E-state index contributed by atoms with van der Waals surface area (Å²) < 4.78 is 18.3. The Morgan fingerprint density at radius 3 is 2.72 bits per heavy atom. The van der Waals surface area contributed by atoms with Gasteiger partial charge in [0.2, 0.25) is 0 Å². The van der Waals surface area contributed by atoms with Crippen LogP contribution in [0.5, 0.6) is 5.75 Å². The standard InChI is InChI=1S/C14H13ClFNO/c1-18-14-6-5-10(7-13(14)16)9-17-12-4-2-3-11(15)8-12/h2-8,17H,9H2,1H3. The van der Waals surface area contributed by atoms with E-state index in [0.29, 0.717) is 11.6 Å². The Labute approximate surface area is 110 Å². The van der Waals surface area contributed by atoms with Crippen LogP contribution >= 0.6 is 11.6 Å². The lowest BCUT2D eigenvalue weighted by Crippen LogP contribution is -2.00. The van der Waals surface area contributed by atoms with Crippen LogP contribution in [0.4, 0.5) is 10.1 Å². The summed E-state index contributed by atoms with van der Waals surface area (Å²) >= 11 is 5.87. The molecule has 0 aliphatic carbocycles. The Hall–Kier alpha value is -1.74. The molecule has 0 fully saturated rings. The molecule has 0 aliphatic heterocycles. The number of benzene rings is 2. The van der Waals surface area contributed by atoms with Crippen LogP contribution in [0.15, 0.2) is 42.5 Å². The van der Waals surface area contributed by atoms with Crippen molar-refractivity contribution in [3.05, 3.63) is 58.9 Å². The second-order valence-electron chi connectivity index (χ2n) is 3.83. The van der Waals surface area contributed by atoms with Crippen molar-refractivity contribution in [1.82, 2.24) is 0 Å². The van der Waals surface area contributed by atoms with Gasteiger partial charge in [0.1, 0.15) is 0 Å². The maximum Gasteiger partial charge on any atom is 0.165 e. The van der Waals surface area contributed by atoms with Crippen molar-refractivity contribution < 1.29 is 9.13 Å². The molecule has 0 spiro atoms. The fraction of sp³-hybridized carbons (Fsp3) is 0.143. The first kappa shape index (κ1) is 12.7. The van der Waals surface area contributed by atoms with Crippen molar-refractivity contribution in [3.63, 3.8) is 0 Å². The monoisotopic (exact) mass is 265 g/mol. The zero-order valence-corrected chi connectivity index (χ0v) is 10.7. The fourth-order valence-electron chi connectivity index (χ4n) is 1.62. The molecule has 2 rings (SSSR count). The second kappa shape index (κ2) is 5.74. The number of nitrogens with one attached hydrogen (secondary N) is 1. The van der Waals surface area contributed by atoms with Crippen molar-refractivity contribution >= 4 is 17.3 Å². The maximum atomic E-state index is 13.5. The molecule has 0 radical (unpaired) electrons. The molecule has 0 amide bonds. The third-order valence-electron chi connectivity index (χ3n) is 2.54. The first-order chi connectivity index (χ1) is 8.69. The molecule has 1 N–H and O–H groups in total. The molecule has 0 saturated carbocycles. The average molecular weight is 266 g/mol. The Morgan fingerprint density at radius 2 is 2.06 bits per heavy atom. The topological polar surface area (TPSA) is 21.3 Å². The van der Waals surface area contributed by atoms with Crippen LogP contribution in [-0.4, -0.2) is 7.11 Å². The van der Waals surface area contributed by atoms with Gasteiger partial charge in [-0.15, -0.1) is 0 Å². The molecule has 0 atom stereocenters. The number of ether oxygens (including phenoxy) is 1. The molecular weight excluding hydrogens is 253 g/mol. The first-order valence-corrected chi connectivity index (χ1v) is 5.88. The second-order valence-corrected chi connectivity index (χ2v) is 4.27. The lowest BCUT2D eigenvalue weighted by molar-refractivity contribution is 0.386. The molecule has 2 nitrogen and oxygen atoms in total. The first-order valence-electron chi connectivity index (χ1n) is 5.51. The van der Waals surface area contributed by atoms with Crippen LogP contribution in [-0.2, 0) is 6.54 Å². The summed E-state index contributed by atoms with van der Waals surface area (Å²) in [7, 11) is 1.45. The molecule has 0 saturated heterocycles. The summed E-state index contributed by atoms with van der Waals surface area (Å²) in [6.45, 7) is 0.529. The van der Waals surface area contributed by atoms with Crippen molar-refractivity contribution in [3.8, 4) is 5.75 Å². The van der Waals surface area contributed by atoms with Crippen LogP contribution in [0.25, 0.3) is 0 Å². The van der Waals surface area contributed by atoms with Crippen molar-refractivity contribution in [2.24, 2.45) is 0 Å². The van der Waals surface area contributed by atoms with Gasteiger partial charge in [0.25, 0.3) is 0 Å². The van der Waals surface area contributed by atoms with E-state index in [-0.39, 0.29) is 11.6 Å². The van der Waals surface area contributed by atoms with E-state index in [1.165, 1.54) is 13.2 Å². The molecule has 94 valence electrons. The summed E-state index contributed by atoms with van der Waals surface area (Å²) in [4.78, 5) is 0. The number of methoxy groups -OCH3 is 1. The molecule has 4 heteroatoms. The highest BCUT2D eigenvalue weighted by atomic mass is 35.5. The van der Waals surface area contributed by atoms with Crippen LogP contribution < -0.4 is 10.1 Å². The van der Waals surface area contributed by atoms with Gasteiger partial charge in [-0.05, 0) is 35.9 Å². The largest absolute Gasteiger partial charge is 0.494 e. The van der Waals surface area contributed by atoms with Gasteiger partial charge < -0.3 is 10.1 Å². The predicted octanol–water partition coefficient (Wildman–Crippen LogP) is 4.10. The molecule has 0 heterocycles. The van der Waals surface area contributed by atoms with E-state index < -0.39 is 0 Å². The van der Waals surface area contributed by atoms with E-state index in [0.717, 1.165) is 11.3 Å². The molecule has 2 aromatic carbocycles. The molecule has 18 heavy (non-hydrogen) atoms. The number of hydrogen-bond acceptors (Lipinski definition) is 2. The third kappa shape index (κ3) is 3.14. The molecule has 0 bridgehead atoms. The Kier molecular flexibility index (Phi) is 4.05. The van der Waals surface area contributed by atoms with Gasteiger partial charge in [0, 0.05) is 17.3 Å². The van der Waals surface area contributed by atoms with Crippen molar-refractivity contribution in [2.75, 3.05) is 12.4 Å². The highest BCUT2D eigenvalue weighted by Gasteiger charge is 2.03. The molecule has 0 aromatic heterocycles. The van der Waals surface area contributed by atoms with E-state index in [9.17, 15) is 4.39 Å². The van der Waals surface area contributed by atoms with E-state index in [1.807, 2.05) is 24.3 Å². The Bertz CT molecular complexity index is 545. The van der Waals surface area contributed by atoms with Gasteiger partial charge in [0.05, 0.1) is 7.11 Å². The summed E-state index contributed by atoms with van der Waals surface area (Å²) in [5.74, 6) is -0.107. The summed E-state index contributed by atoms with van der Waals surface area (Å²) in [6, 6.07) is 12.3.